The van der Waals surface area contributed by atoms with Gasteiger partial charge in [-0.1, -0.05) is 18.2 Å². The Bertz CT molecular complexity index is 521. The van der Waals surface area contributed by atoms with Crippen molar-refractivity contribution in [3.05, 3.63) is 36.9 Å². The molecule has 23 heavy (non-hydrogen) atoms. The van der Waals surface area contributed by atoms with E-state index < -0.39 is 0 Å². The quantitative estimate of drug-likeness (QED) is 0.315. The van der Waals surface area contributed by atoms with Gasteiger partial charge in [0.1, 0.15) is 5.75 Å². The van der Waals surface area contributed by atoms with Crippen molar-refractivity contribution in [1.29, 1.82) is 0 Å². The number of para-hydroxylation sites is 2. The minimum absolute atomic E-state index is 0. The van der Waals surface area contributed by atoms with Gasteiger partial charge in [-0.05, 0) is 24.5 Å². The molecule has 1 fully saturated rings. The van der Waals surface area contributed by atoms with Gasteiger partial charge >= 0.3 is 0 Å². The molecule has 1 unspecified atom stereocenters. The average Bonchev–Trinajstić information content (AvgIpc) is 3.04. The second-order valence-electron chi connectivity index (χ2n) is 5.40. The van der Waals surface area contributed by atoms with Crippen molar-refractivity contribution in [1.82, 2.24) is 10.6 Å². The van der Waals surface area contributed by atoms with Crippen LogP contribution in [0.5, 0.6) is 5.75 Å². The van der Waals surface area contributed by atoms with Gasteiger partial charge in [0.2, 0.25) is 0 Å². The maximum absolute atomic E-state index is 5.46. The lowest BCUT2D eigenvalue weighted by Gasteiger charge is -2.21. The van der Waals surface area contributed by atoms with Crippen LogP contribution in [0.4, 0.5) is 5.69 Å². The van der Waals surface area contributed by atoms with E-state index in [1.54, 1.807) is 14.2 Å². The van der Waals surface area contributed by atoms with Gasteiger partial charge in [0, 0.05) is 33.2 Å². The lowest BCUT2D eigenvalue weighted by atomic mass is 10.1. The number of aliphatic imine (C=N–C) groups is 1. The molecule has 1 aliphatic heterocycles. The fourth-order valence-corrected chi connectivity index (χ4v) is 2.74. The van der Waals surface area contributed by atoms with Gasteiger partial charge in [-0.15, -0.1) is 30.6 Å². The highest BCUT2D eigenvalue weighted by Crippen LogP contribution is 2.31. The molecular weight excluding hydrogens is 403 g/mol. The normalized spacial score (nSPS) is 17.4. The summed E-state index contributed by atoms with van der Waals surface area (Å²) in [6.07, 6.45) is 3.00. The Hall–Kier alpha value is -1.44. The summed E-state index contributed by atoms with van der Waals surface area (Å²) < 4.78 is 5.46. The summed E-state index contributed by atoms with van der Waals surface area (Å²) >= 11 is 0. The van der Waals surface area contributed by atoms with E-state index in [1.807, 2.05) is 18.2 Å². The molecule has 128 valence electrons. The second kappa shape index (κ2) is 10.4. The number of rotatable bonds is 6. The molecule has 0 bridgehead atoms. The fraction of sp³-hybridized carbons (Fsp3) is 0.471. The number of anilines is 1. The average molecular weight is 430 g/mol. The van der Waals surface area contributed by atoms with Crippen molar-refractivity contribution >= 4 is 35.6 Å². The standard InChI is InChI=1S/C17H26N4O.HI/c1-4-10-19-17(18-2)20-12-14-9-11-21(13-14)15-7-5-6-8-16(15)22-3;/h4-8,14H,1,9-13H2,2-3H3,(H2,18,19,20);1H. The molecule has 2 N–H and O–H groups in total. The first-order valence-corrected chi connectivity index (χ1v) is 7.71. The first-order valence-electron chi connectivity index (χ1n) is 7.71. The summed E-state index contributed by atoms with van der Waals surface area (Å²) in [5, 5.41) is 6.57. The third kappa shape index (κ3) is 5.60. The Labute approximate surface area is 156 Å². The van der Waals surface area contributed by atoms with Gasteiger partial charge in [-0.25, -0.2) is 0 Å². The predicted molar refractivity (Wildman–Crippen MR) is 108 cm³/mol. The molecule has 0 aliphatic carbocycles. The number of hydrogen-bond donors (Lipinski definition) is 2. The van der Waals surface area contributed by atoms with Gasteiger partial charge < -0.3 is 20.3 Å². The topological polar surface area (TPSA) is 48.9 Å². The minimum atomic E-state index is 0. The molecule has 1 aromatic carbocycles. The smallest absolute Gasteiger partial charge is 0.191 e. The third-order valence-electron chi connectivity index (χ3n) is 3.91. The van der Waals surface area contributed by atoms with Crippen molar-refractivity contribution in [2.75, 3.05) is 45.2 Å². The highest BCUT2D eigenvalue weighted by Gasteiger charge is 2.24. The Morgan fingerprint density at radius 1 is 1.43 bits per heavy atom. The molecule has 1 aromatic rings. The number of ether oxygens (including phenoxy) is 1. The zero-order chi connectivity index (χ0) is 15.8. The van der Waals surface area contributed by atoms with Gasteiger partial charge in [0.25, 0.3) is 0 Å². The minimum Gasteiger partial charge on any atom is -0.495 e. The summed E-state index contributed by atoms with van der Waals surface area (Å²) in [5.41, 5.74) is 1.18. The Balaban J connectivity index is 0.00000264. The number of methoxy groups -OCH3 is 1. The fourth-order valence-electron chi connectivity index (χ4n) is 2.74. The van der Waals surface area contributed by atoms with Crippen LogP contribution < -0.4 is 20.3 Å². The van der Waals surface area contributed by atoms with Crippen molar-refractivity contribution in [3.8, 4) is 5.75 Å². The van der Waals surface area contributed by atoms with Gasteiger partial charge in [-0.3, -0.25) is 4.99 Å². The molecule has 1 saturated heterocycles. The second-order valence-corrected chi connectivity index (χ2v) is 5.40. The summed E-state index contributed by atoms with van der Waals surface area (Å²) in [7, 11) is 3.51. The first kappa shape index (κ1) is 19.6. The molecule has 6 heteroatoms. The Morgan fingerprint density at radius 3 is 2.91 bits per heavy atom. The molecule has 0 saturated carbocycles. The van der Waals surface area contributed by atoms with E-state index in [0.29, 0.717) is 5.92 Å². The number of benzene rings is 1. The van der Waals surface area contributed by atoms with E-state index >= 15 is 0 Å². The number of nitrogens with zero attached hydrogens (tertiary/aromatic N) is 2. The molecule has 0 aromatic heterocycles. The van der Waals surface area contributed by atoms with Crippen LogP contribution in [-0.4, -0.2) is 46.3 Å². The highest BCUT2D eigenvalue weighted by molar-refractivity contribution is 14.0. The SMILES string of the molecule is C=CCNC(=NC)NCC1CCN(c2ccccc2OC)C1.I. The number of halogens is 1. The maximum Gasteiger partial charge on any atom is 0.191 e. The van der Waals surface area contributed by atoms with Crippen LogP contribution in [0, 0.1) is 5.92 Å². The Kier molecular flexibility index (Phi) is 8.83. The van der Waals surface area contributed by atoms with Crippen molar-refractivity contribution in [2.45, 2.75) is 6.42 Å². The molecule has 1 atom stereocenters. The molecule has 0 spiro atoms. The van der Waals surface area contributed by atoms with Crippen LogP contribution in [-0.2, 0) is 0 Å². The summed E-state index contributed by atoms with van der Waals surface area (Å²) in [6.45, 7) is 7.43. The zero-order valence-corrected chi connectivity index (χ0v) is 16.2. The van der Waals surface area contributed by atoms with Crippen LogP contribution >= 0.6 is 24.0 Å². The molecule has 5 nitrogen and oxygen atoms in total. The maximum atomic E-state index is 5.46. The number of guanidine groups is 1. The van der Waals surface area contributed by atoms with Crippen LogP contribution in [0.15, 0.2) is 41.9 Å². The zero-order valence-electron chi connectivity index (χ0n) is 13.9. The van der Waals surface area contributed by atoms with Gasteiger partial charge in [0.15, 0.2) is 5.96 Å². The van der Waals surface area contributed by atoms with Crippen LogP contribution in [0.2, 0.25) is 0 Å². The summed E-state index contributed by atoms with van der Waals surface area (Å²) in [4.78, 5) is 6.60. The predicted octanol–water partition coefficient (Wildman–Crippen LogP) is 2.49. The van der Waals surface area contributed by atoms with Crippen LogP contribution in [0.3, 0.4) is 0 Å². The molecule has 1 aliphatic rings. The molecule has 1 heterocycles. The number of nitrogens with one attached hydrogen (secondary N) is 2. The molecule has 2 rings (SSSR count). The largest absolute Gasteiger partial charge is 0.495 e. The van der Waals surface area contributed by atoms with Crippen molar-refractivity contribution in [3.63, 3.8) is 0 Å². The van der Waals surface area contributed by atoms with Gasteiger partial charge in [0.05, 0.1) is 12.8 Å². The van der Waals surface area contributed by atoms with E-state index in [1.165, 1.54) is 12.1 Å². The van der Waals surface area contributed by atoms with Crippen molar-refractivity contribution in [2.24, 2.45) is 10.9 Å². The van der Waals surface area contributed by atoms with E-state index in [4.69, 9.17) is 4.74 Å². The number of hydrogen-bond acceptors (Lipinski definition) is 3. The van der Waals surface area contributed by atoms with E-state index in [2.05, 4.69) is 39.2 Å². The lowest BCUT2D eigenvalue weighted by molar-refractivity contribution is 0.414. The van der Waals surface area contributed by atoms with Crippen LogP contribution in [0.25, 0.3) is 0 Å². The van der Waals surface area contributed by atoms with E-state index in [9.17, 15) is 0 Å². The summed E-state index contributed by atoms with van der Waals surface area (Å²) in [5.74, 6) is 2.38. The van der Waals surface area contributed by atoms with Crippen molar-refractivity contribution < 1.29 is 4.74 Å². The third-order valence-corrected chi connectivity index (χ3v) is 3.91. The van der Waals surface area contributed by atoms with E-state index in [0.717, 1.165) is 37.9 Å². The first-order chi connectivity index (χ1) is 10.8. The monoisotopic (exact) mass is 430 g/mol. The van der Waals surface area contributed by atoms with E-state index in [-0.39, 0.29) is 24.0 Å². The Morgan fingerprint density at radius 2 is 2.22 bits per heavy atom. The molecule has 0 amide bonds. The summed E-state index contributed by atoms with van der Waals surface area (Å²) in [6, 6.07) is 8.21. The van der Waals surface area contributed by atoms with Gasteiger partial charge in [-0.2, -0.15) is 0 Å². The van der Waals surface area contributed by atoms with Crippen LogP contribution in [0.1, 0.15) is 6.42 Å². The molecular formula is C17H27IN4O. The highest BCUT2D eigenvalue weighted by atomic mass is 127. The molecule has 0 radical (unpaired) electrons. The lowest BCUT2D eigenvalue weighted by Crippen LogP contribution is -2.40.